The Labute approximate surface area is 228 Å². The Morgan fingerprint density at radius 1 is 1.02 bits per heavy atom. The standard InChI is InChI=1S/C27H27F3N4O5S/c28-27(29,30)20-12-23(25(31)33-13-20)18-3-7-22(8-4-18)40(37,38)21-5-1-17(2-6-21)19-9-10-32-24(11-19)26(14-34(35)36)15-39-16-26/h1-2,5-6,9-13,18,22H,3-4,7-8,14-16H2,(H2,31,33). The van der Waals surface area contributed by atoms with E-state index in [9.17, 15) is 31.7 Å². The number of aromatic nitrogens is 2. The second-order valence-electron chi connectivity index (χ2n) is 10.4. The molecule has 3 aromatic rings. The maximum absolute atomic E-state index is 13.4. The van der Waals surface area contributed by atoms with Gasteiger partial charge in [0, 0.05) is 17.3 Å². The van der Waals surface area contributed by atoms with Gasteiger partial charge in [0.05, 0.1) is 34.6 Å². The van der Waals surface area contributed by atoms with Gasteiger partial charge in [-0.3, -0.25) is 15.1 Å². The largest absolute Gasteiger partial charge is 0.417 e. The van der Waals surface area contributed by atoms with E-state index >= 15 is 0 Å². The summed E-state index contributed by atoms with van der Waals surface area (Å²) in [6.45, 7) is 0.126. The maximum atomic E-state index is 13.4. The van der Waals surface area contributed by atoms with Crippen molar-refractivity contribution in [2.24, 2.45) is 0 Å². The van der Waals surface area contributed by atoms with Crippen molar-refractivity contribution in [3.63, 3.8) is 0 Å². The van der Waals surface area contributed by atoms with E-state index in [0.717, 1.165) is 17.2 Å². The van der Waals surface area contributed by atoms with Gasteiger partial charge in [0.15, 0.2) is 9.84 Å². The number of halogens is 3. The molecular weight excluding hydrogens is 549 g/mol. The Balaban J connectivity index is 1.29. The van der Waals surface area contributed by atoms with Crippen LogP contribution in [0.2, 0.25) is 0 Å². The van der Waals surface area contributed by atoms with Crippen LogP contribution in [0.15, 0.2) is 59.8 Å². The molecule has 9 nitrogen and oxygen atoms in total. The molecule has 5 rings (SSSR count). The van der Waals surface area contributed by atoms with Crippen molar-refractivity contribution in [2.45, 2.75) is 53.3 Å². The number of anilines is 1. The summed E-state index contributed by atoms with van der Waals surface area (Å²) in [5.74, 6) is -0.271. The van der Waals surface area contributed by atoms with Gasteiger partial charge in [-0.1, -0.05) is 12.1 Å². The van der Waals surface area contributed by atoms with Crippen molar-refractivity contribution in [1.82, 2.24) is 9.97 Å². The van der Waals surface area contributed by atoms with Crippen LogP contribution in [0.3, 0.4) is 0 Å². The normalized spacial score (nSPS) is 21.0. The smallest absolute Gasteiger partial charge is 0.383 e. The predicted molar refractivity (Wildman–Crippen MR) is 140 cm³/mol. The molecule has 0 atom stereocenters. The van der Waals surface area contributed by atoms with Gasteiger partial charge in [0.1, 0.15) is 11.2 Å². The van der Waals surface area contributed by atoms with Crippen LogP contribution in [0.25, 0.3) is 11.1 Å². The third kappa shape index (κ3) is 5.39. The lowest BCUT2D eigenvalue weighted by atomic mass is 9.81. The number of ether oxygens (including phenoxy) is 1. The molecular formula is C27H27F3N4O5S. The highest BCUT2D eigenvalue weighted by Crippen LogP contribution is 2.41. The highest BCUT2D eigenvalue weighted by molar-refractivity contribution is 7.92. The first-order chi connectivity index (χ1) is 18.9. The van der Waals surface area contributed by atoms with Crippen LogP contribution in [0.1, 0.15) is 48.4 Å². The molecule has 1 saturated carbocycles. The molecule has 1 saturated heterocycles. The summed E-state index contributed by atoms with van der Waals surface area (Å²) in [4.78, 5) is 19.0. The van der Waals surface area contributed by atoms with Crippen molar-refractivity contribution in [3.05, 3.63) is 81.8 Å². The molecule has 0 amide bonds. The van der Waals surface area contributed by atoms with E-state index in [1.54, 1.807) is 30.5 Å². The number of hydrogen-bond acceptors (Lipinski definition) is 8. The highest BCUT2D eigenvalue weighted by atomic mass is 32.2. The molecule has 1 aromatic carbocycles. The summed E-state index contributed by atoms with van der Waals surface area (Å²) in [5.41, 5.74) is 6.55. The van der Waals surface area contributed by atoms with E-state index in [1.807, 2.05) is 0 Å². The number of alkyl halides is 3. The molecule has 0 bridgehead atoms. The minimum absolute atomic E-state index is 0.0308. The molecule has 2 fully saturated rings. The van der Waals surface area contributed by atoms with Crippen molar-refractivity contribution in [1.29, 1.82) is 0 Å². The van der Waals surface area contributed by atoms with Crippen molar-refractivity contribution in [3.8, 4) is 11.1 Å². The van der Waals surface area contributed by atoms with Crippen LogP contribution in [-0.4, -0.2) is 48.3 Å². The number of benzene rings is 1. The summed E-state index contributed by atoms with van der Waals surface area (Å²) in [7, 11) is -3.68. The van der Waals surface area contributed by atoms with Gasteiger partial charge >= 0.3 is 6.18 Å². The number of pyridine rings is 2. The zero-order valence-corrected chi connectivity index (χ0v) is 22.1. The average Bonchev–Trinajstić information content (AvgIpc) is 2.90. The van der Waals surface area contributed by atoms with Crippen molar-refractivity contribution in [2.75, 3.05) is 25.5 Å². The zero-order valence-electron chi connectivity index (χ0n) is 21.3. The van der Waals surface area contributed by atoms with Gasteiger partial charge < -0.3 is 10.5 Å². The number of nitrogens with two attached hydrogens (primary N) is 1. The van der Waals surface area contributed by atoms with Crippen molar-refractivity contribution >= 4 is 15.7 Å². The van der Waals surface area contributed by atoms with Crippen molar-refractivity contribution < 1.29 is 31.2 Å². The third-order valence-electron chi connectivity index (χ3n) is 7.84. The van der Waals surface area contributed by atoms with E-state index in [4.69, 9.17) is 10.5 Å². The fraction of sp³-hybridized carbons (Fsp3) is 0.407. The van der Waals surface area contributed by atoms with E-state index in [-0.39, 0.29) is 41.3 Å². The fourth-order valence-electron chi connectivity index (χ4n) is 5.50. The van der Waals surface area contributed by atoms with Gasteiger partial charge in [0.25, 0.3) is 0 Å². The number of nitro groups is 1. The van der Waals surface area contributed by atoms with Gasteiger partial charge in [-0.15, -0.1) is 0 Å². The highest BCUT2D eigenvalue weighted by Gasteiger charge is 2.46. The molecule has 40 heavy (non-hydrogen) atoms. The molecule has 3 heterocycles. The number of rotatable bonds is 7. The first kappa shape index (κ1) is 28.0. The number of sulfone groups is 1. The third-order valence-corrected chi connectivity index (χ3v) is 10.1. The second kappa shape index (κ2) is 10.4. The predicted octanol–water partition coefficient (Wildman–Crippen LogP) is 4.79. The first-order valence-corrected chi connectivity index (χ1v) is 14.3. The summed E-state index contributed by atoms with van der Waals surface area (Å²) < 4.78 is 71.5. The Bertz CT molecular complexity index is 1520. The van der Waals surface area contributed by atoms with Crippen LogP contribution >= 0.6 is 0 Å². The van der Waals surface area contributed by atoms with E-state index < -0.39 is 32.2 Å². The van der Waals surface area contributed by atoms with Gasteiger partial charge in [-0.05, 0) is 78.6 Å². The van der Waals surface area contributed by atoms with E-state index in [1.165, 1.54) is 12.1 Å². The molecule has 0 spiro atoms. The lowest BCUT2D eigenvalue weighted by molar-refractivity contribution is -0.498. The Hall–Kier alpha value is -3.58. The molecule has 1 aliphatic heterocycles. The summed E-state index contributed by atoms with van der Waals surface area (Å²) in [6, 6.07) is 11.0. The molecule has 0 unspecified atom stereocenters. The molecule has 2 aromatic heterocycles. The van der Waals surface area contributed by atoms with Gasteiger partial charge in [-0.2, -0.15) is 13.2 Å². The van der Waals surface area contributed by atoms with Crippen LogP contribution in [0.5, 0.6) is 0 Å². The van der Waals surface area contributed by atoms with Crippen LogP contribution in [0, 0.1) is 10.1 Å². The average molecular weight is 577 g/mol. The molecule has 2 aliphatic rings. The number of nitrogen functional groups attached to an aromatic ring is 1. The Morgan fingerprint density at radius 3 is 2.27 bits per heavy atom. The zero-order chi connectivity index (χ0) is 28.7. The first-order valence-electron chi connectivity index (χ1n) is 12.7. The summed E-state index contributed by atoms with van der Waals surface area (Å²) >= 11 is 0. The SMILES string of the molecule is Nc1ncc(C(F)(F)F)cc1C1CCC(S(=O)(=O)c2ccc(-c3ccnc(C4(C[N+](=O)[O-])COC4)c3)cc2)CC1. The lowest BCUT2D eigenvalue weighted by Crippen LogP contribution is -2.52. The van der Waals surface area contributed by atoms with Gasteiger partial charge in [-0.25, -0.2) is 13.4 Å². The minimum Gasteiger partial charge on any atom is -0.383 e. The lowest BCUT2D eigenvalue weighted by Gasteiger charge is -2.37. The number of nitrogens with zero attached hydrogens (tertiary/aromatic N) is 3. The Morgan fingerprint density at radius 2 is 1.70 bits per heavy atom. The number of hydrogen-bond donors (Lipinski definition) is 1. The molecule has 2 N–H and O–H groups in total. The fourth-order valence-corrected chi connectivity index (χ4v) is 7.30. The molecule has 13 heteroatoms. The quantitative estimate of drug-likeness (QED) is 0.313. The van der Waals surface area contributed by atoms with Crippen LogP contribution in [-0.2, 0) is 26.2 Å². The Kier molecular flexibility index (Phi) is 7.29. The van der Waals surface area contributed by atoms with Gasteiger partial charge in [0.2, 0.25) is 6.54 Å². The topological polar surface area (TPSA) is 138 Å². The maximum Gasteiger partial charge on any atom is 0.417 e. The summed E-state index contributed by atoms with van der Waals surface area (Å²) in [6.07, 6.45) is -0.924. The summed E-state index contributed by atoms with van der Waals surface area (Å²) in [5, 5.41) is 10.5. The minimum atomic E-state index is -4.54. The molecule has 0 radical (unpaired) electrons. The molecule has 1 aliphatic carbocycles. The molecule has 212 valence electrons. The van der Waals surface area contributed by atoms with Crippen LogP contribution in [0.4, 0.5) is 19.0 Å². The second-order valence-corrected chi connectivity index (χ2v) is 12.7. The van der Waals surface area contributed by atoms with Crippen LogP contribution < -0.4 is 5.73 Å². The van der Waals surface area contributed by atoms with E-state index in [0.29, 0.717) is 43.1 Å². The monoisotopic (exact) mass is 576 g/mol. The van der Waals surface area contributed by atoms with E-state index in [2.05, 4.69) is 9.97 Å².